The first kappa shape index (κ1) is 14.8. The fraction of sp³-hybridized carbons (Fsp3) is 0.947. The van der Waals surface area contributed by atoms with Crippen LogP contribution in [0.3, 0.4) is 0 Å². The molecule has 0 amide bonds. The smallest absolute Gasteiger partial charge is 0.431 e. The standard InChI is InChI=1S/C19H30O3/c20-19(21-17-9-5-15(6-10-17)13-1-2-13)22-18-11-7-16(8-12-18)14-3-4-14/h13-18H,1-12H2. The number of carbonyl (C=O) groups excluding carboxylic acids is 1. The Kier molecular flexibility index (Phi) is 4.32. The van der Waals surface area contributed by atoms with Crippen LogP contribution in [0.4, 0.5) is 4.79 Å². The van der Waals surface area contributed by atoms with Gasteiger partial charge in [0.15, 0.2) is 0 Å². The van der Waals surface area contributed by atoms with E-state index in [0.29, 0.717) is 0 Å². The first-order valence-electron chi connectivity index (χ1n) is 9.65. The maximum Gasteiger partial charge on any atom is 0.508 e. The van der Waals surface area contributed by atoms with Crippen LogP contribution < -0.4 is 0 Å². The van der Waals surface area contributed by atoms with Crippen LogP contribution in [0.5, 0.6) is 0 Å². The van der Waals surface area contributed by atoms with Crippen molar-refractivity contribution in [3.8, 4) is 0 Å². The Balaban J connectivity index is 1.14. The van der Waals surface area contributed by atoms with Crippen LogP contribution in [0.25, 0.3) is 0 Å². The number of hydrogen-bond donors (Lipinski definition) is 0. The van der Waals surface area contributed by atoms with Crippen molar-refractivity contribution in [1.82, 2.24) is 0 Å². The van der Waals surface area contributed by atoms with Crippen LogP contribution in [-0.4, -0.2) is 18.4 Å². The van der Waals surface area contributed by atoms with Gasteiger partial charge in [-0.15, -0.1) is 0 Å². The van der Waals surface area contributed by atoms with E-state index in [-0.39, 0.29) is 12.2 Å². The molecule has 0 aromatic heterocycles. The molecular weight excluding hydrogens is 276 g/mol. The molecule has 4 aliphatic rings. The van der Waals surface area contributed by atoms with Crippen molar-refractivity contribution in [2.24, 2.45) is 23.7 Å². The molecule has 4 fully saturated rings. The molecule has 4 saturated carbocycles. The number of carbonyl (C=O) groups is 1. The Morgan fingerprint density at radius 3 is 1.05 bits per heavy atom. The fourth-order valence-electron chi connectivity index (χ4n) is 4.79. The third-order valence-electron chi connectivity index (χ3n) is 6.54. The Hall–Kier alpha value is -0.730. The molecule has 4 rings (SSSR count). The highest BCUT2D eigenvalue weighted by molar-refractivity contribution is 5.60. The van der Waals surface area contributed by atoms with Crippen LogP contribution in [0.1, 0.15) is 77.0 Å². The van der Waals surface area contributed by atoms with E-state index in [0.717, 1.165) is 49.4 Å². The highest BCUT2D eigenvalue weighted by Gasteiger charge is 2.36. The Morgan fingerprint density at radius 1 is 0.500 bits per heavy atom. The van der Waals surface area contributed by atoms with E-state index in [9.17, 15) is 4.79 Å². The summed E-state index contributed by atoms with van der Waals surface area (Å²) in [5.74, 6) is 3.81. The van der Waals surface area contributed by atoms with E-state index >= 15 is 0 Å². The third kappa shape index (κ3) is 3.78. The van der Waals surface area contributed by atoms with Gasteiger partial charge < -0.3 is 9.47 Å². The first-order chi connectivity index (χ1) is 10.8. The molecule has 0 aromatic rings. The van der Waals surface area contributed by atoms with Gasteiger partial charge in [0, 0.05) is 0 Å². The molecule has 0 saturated heterocycles. The molecule has 0 aliphatic heterocycles. The lowest BCUT2D eigenvalue weighted by molar-refractivity contribution is -0.0272. The third-order valence-corrected chi connectivity index (χ3v) is 6.54. The topological polar surface area (TPSA) is 35.5 Å². The minimum Gasteiger partial charge on any atom is -0.431 e. The molecule has 3 nitrogen and oxygen atoms in total. The van der Waals surface area contributed by atoms with Gasteiger partial charge in [-0.1, -0.05) is 0 Å². The molecule has 0 heterocycles. The molecule has 124 valence electrons. The number of rotatable bonds is 4. The van der Waals surface area contributed by atoms with Gasteiger partial charge in [-0.2, -0.15) is 0 Å². The normalized spacial score (nSPS) is 39.3. The Bertz CT molecular complexity index is 347. The number of hydrogen-bond acceptors (Lipinski definition) is 3. The van der Waals surface area contributed by atoms with Crippen LogP contribution in [0.15, 0.2) is 0 Å². The molecule has 0 atom stereocenters. The zero-order chi connectivity index (χ0) is 14.9. The summed E-state index contributed by atoms with van der Waals surface area (Å²) in [4.78, 5) is 12.0. The molecule has 22 heavy (non-hydrogen) atoms. The van der Waals surface area contributed by atoms with E-state index in [1.54, 1.807) is 0 Å². The van der Waals surface area contributed by atoms with Crippen molar-refractivity contribution < 1.29 is 14.3 Å². The molecule has 0 radical (unpaired) electrons. The van der Waals surface area contributed by atoms with Gasteiger partial charge in [0.1, 0.15) is 12.2 Å². The lowest BCUT2D eigenvalue weighted by atomic mass is 9.84. The van der Waals surface area contributed by atoms with Gasteiger partial charge in [0.25, 0.3) is 0 Å². The van der Waals surface area contributed by atoms with Gasteiger partial charge in [-0.05, 0) is 101 Å². The quantitative estimate of drug-likeness (QED) is 0.680. The Morgan fingerprint density at radius 2 is 0.773 bits per heavy atom. The number of ether oxygens (including phenoxy) is 2. The summed E-state index contributed by atoms with van der Waals surface area (Å²) >= 11 is 0. The van der Waals surface area contributed by atoms with Gasteiger partial charge in [0.2, 0.25) is 0 Å². The molecule has 0 bridgehead atoms. The summed E-state index contributed by atoms with van der Waals surface area (Å²) in [6.45, 7) is 0. The zero-order valence-corrected chi connectivity index (χ0v) is 13.7. The lowest BCUT2D eigenvalue weighted by Gasteiger charge is -2.30. The predicted molar refractivity (Wildman–Crippen MR) is 84.5 cm³/mol. The molecule has 0 N–H and O–H groups in total. The van der Waals surface area contributed by atoms with E-state index < -0.39 is 6.16 Å². The summed E-state index contributed by atoms with van der Waals surface area (Å²) in [5.41, 5.74) is 0. The minimum atomic E-state index is -0.398. The average molecular weight is 306 g/mol. The second-order valence-corrected chi connectivity index (χ2v) is 8.23. The molecule has 3 heteroatoms. The van der Waals surface area contributed by atoms with E-state index in [4.69, 9.17) is 9.47 Å². The molecular formula is C19H30O3. The van der Waals surface area contributed by atoms with Crippen molar-refractivity contribution in [3.05, 3.63) is 0 Å². The molecule has 0 spiro atoms. The zero-order valence-electron chi connectivity index (χ0n) is 13.7. The summed E-state index contributed by atoms with van der Waals surface area (Å²) in [6.07, 6.45) is 14.7. The monoisotopic (exact) mass is 306 g/mol. The van der Waals surface area contributed by atoms with E-state index in [2.05, 4.69) is 0 Å². The van der Waals surface area contributed by atoms with Crippen LogP contribution in [0.2, 0.25) is 0 Å². The maximum atomic E-state index is 12.0. The van der Waals surface area contributed by atoms with Gasteiger partial charge in [-0.3, -0.25) is 0 Å². The summed E-state index contributed by atoms with van der Waals surface area (Å²) in [6, 6.07) is 0. The minimum absolute atomic E-state index is 0.116. The van der Waals surface area contributed by atoms with E-state index in [1.165, 1.54) is 51.4 Å². The second-order valence-electron chi connectivity index (χ2n) is 8.23. The highest BCUT2D eigenvalue weighted by Crippen LogP contribution is 2.45. The summed E-state index contributed by atoms with van der Waals surface area (Å²) in [5, 5.41) is 0. The Labute approximate surface area is 134 Å². The van der Waals surface area contributed by atoms with E-state index in [1.807, 2.05) is 0 Å². The first-order valence-corrected chi connectivity index (χ1v) is 9.65. The second kappa shape index (κ2) is 6.41. The van der Waals surface area contributed by atoms with Crippen LogP contribution in [0, 0.1) is 23.7 Å². The SMILES string of the molecule is O=C(OC1CCC(C2CC2)CC1)OC1CCC(C2CC2)CC1. The fourth-order valence-corrected chi connectivity index (χ4v) is 4.79. The maximum absolute atomic E-state index is 12.0. The summed E-state index contributed by atoms with van der Waals surface area (Å²) < 4.78 is 11.1. The summed E-state index contributed by atoms with van der Waals surface area (Å²) in [7, 11) is 0. The van der Waals surface area contributed by atoms with Crippen molar-refractivity contribution in [1.29, 1.82) is 0 Å². The predicted octanol–water partition coefficient (Wildman–Crippen LogP) is 5.08. The molecule has 0 aromatic carbocycles. The molecule has 0 unspecified atom stereocenters. The van der Waals surface area contributed by atoms with Crippen molar-refractivity contribution >= 4 is 6.16 Å². The van der Waals surface area contributed by atoms with Crippen molar-refractivity contribution in [3.63, 3.8) is 0 Å². The average Bonchev–Trinajstić information content (AvgIpc) is 3.40. The van der Waals surface area contributed by atoms with Crippen molar-refractivity contribution in [2.75, 3.05) is 0 Å². The lowest BCUT2D eigenvalue weighted by Crippen LogP contribution is -2.29. The molecule has 4 aliphatic carbocycles. The largest absolute Gasteiger partial charge is 0.508 e. The highest BCUT2D eigenvalue weighted by atomic mass is 16.7. The van der Waals surface area contributed by atoms with Gasteiger partial charge >= 0.3 is 6.16 Å². The van der Waals surface area contributed by atoms with Crippen LogP contribution in [-0.2, 0) is 9.47 Å². The van der Waals surface area contributed by atoms with Gasteiger partial charge in [0.05, 0.1) is 0 Å². The van der Waals surface area contributed by atoms with Gasteiger partial charge in [-0.25, -0.2) is 4.79 Å². The van der Waals surface area contributed by atoms with Crippen molar-refractivity contribution in [2.45, 2.75) is 89.3 Å². The van der Waals surface area contributed by atoms with Crippen LogP contribution >= 0.6 is 0 Å².